The maximum atomic E-state index is 14.2. The number of alkyl halides is 1. The van der Waals surface area contributed by atoms with Crippen molar-refractivity contribution in [1.29, 1.82) is 0 Å². The van der Waals surface area contributed by atoms with E-state index in [0.717, 1.165) is 6.42 Å². The Morgan fingerprint density at radius 1 is 1.18 bits per heavy atom. The predicted octanol–water partition coefficient (Wildman–Crippen LogP) is 4.41. The number of nitrogens with zero attached hydrogens (tertiary/aromatic N) is 2. The molecule has 0 amide bonds. The zero-order valence-corrected chi connectivity index (χ0v) is 14.1. The molecule has 0 aliphatic carbocycles. The number of aromatic nitrogens is 2. The molecule has 1 heterocycles. The molecule has 0 aliphatic rings. The number of halogens is 2. The van der Waals surface area contributed by atoms with Gasteiger partial charge in [-0.2, -0.15) is 0 Å². The van der Waals surface area contributed by atoms with Crippen LogP contribution in [0.5, 0.6) is 0 Å². The molecule has 112 valence electrons. The van der Waals surface area contributed by atoms with Gasteiger partial charge in [0.05, 0.1) is 20.5 Å². The second-order valence-corrected chi connectivity index (χ2v) is 6.46. The first-order valence-electron chi connectivity index (χ1n) is 7.04. The molecular weight excluding hydrogens is 394 g/mol. The molecule has 0 N–H and O–H groups in total. The van der Waals surface area contributed by atoms with E-state index < -0.39 is 5.82 Å². The van der Waals surface area contributed by atoms with Gasteiger partial charge in [0.1, 0.15) is 11.6 Å². The minimum atomic E-state index is -0.428. The monoisotopic (exact) mass is 408 g/mol. The Balaban J connectivity index is 2.43. The maximum Gasteiger partial charge on any atom is 0.266 e. The zero-order valence-electron chi connectivity index (χ0n) is 12.0. The van der Waals surface area contributed by atoms with E-state index in [1.54, 1.807) is 30.3 Å². The number of fused-ring (bicyclic) bond motifs is 1. The SMILES string of the molecule is CC[C@@H](I)c1nc2ccccc2c(=O)n1-c1ccccc1F. The average Bonchev–Trinajstić information content (AvgIpc) is 2.55. The lowest BCUT2D eigenvalue weighted by Gasteiger charge is -2.17. The van der Waals surface area contributed by atoms with E-state index in [1.807, 2.05) is 19.1 Å². The lowest BCUT2D eigenvalue weighted by molar-refractivity contribution is 0.610. The van der Waals surface area contributed by atoms with Crippen LogP contribution in [0, 0.1) is 5.82 Å². The third-order valence-corrected chi connectivity index (χ3v) is 4.97. The van der Waals surface area contributed by atoms with E-state index in [2.05, 4.69) is 27.6 Å². The topological polar surface area (TPSA) is 34.9 Å². The van der Waals surface area contributed by atoms with Gasteiger partial charge >= 0.3 is 0 Å². The minimum Gasteiger partial charge on any atom is -0.268 e. The van der Waals surface area contributed by atoms with Crippen LogP contribution < -0.4 is 5.56 Å². The molecule has 0 aliphatic heterocycles. The quantitative estimate of drug-likeness (QED) is 0.476. The van der Waals surface area contributed by atoms with Crippen molar-refractivity contribution < 1.29 is 4.39 Å². The Morgan fingerprint density at radius 3 is 2.59 bits per heavy atom. The van der Waals surface area contributed by atoms with Crippen LogP contribution >= 0.6 is 22.6 Å². The van der Waals surface area contributed by atoms with Crippen LogP contribution in [0.25, 0.3) is 16.6 Å². The van der Waals surface area contributed by atoms with Gasteiger partial charge in [-0.25, -0.2) is 9.37 Å². The van der Waals surface area contributed by atoms with Crippen molar-refractivity contribution in [2.75, 3.05) is 0 Å². The lowest BCUT2D eigenvalue weighted by atomic mass is 10.2. The van der Waals surface area contributed by atoms with Crippen LogP contribution in [0.2, 0.25) is 0 Å². The lowest BCUT2D eigenvalue weighted by Crippen LogP contribution is -2.25. The van der Waals surface area contributed by atoms with Crippen LogP contribution in [0.4, 0.5) is 4.39 Å². The molecule has 0 bridgehead atoms. The normalized spacial score (nSPS) is 12.5. The standard InChI is InChI=1S/C17H14FIN2O/c1-2-13(19)16-20-14-9-5-3-7-11(14)17(22)21(16)15-10-6-4-8-12(15)18/h3-10,13H,2H2,1H3/t13-/m1/s1. The molecule has 5 heteroatoms. The molecular formula is C17H14FIN2O. The fourth-order valence-corrected chi connectivity index (χ4v) is 2.83. The molecule has 0 spiro atoms. The predicted molar refractivity (Wildman–Crippen MR) is 94.4 cm³/mol. The molecule has 3 aromatic rings. The molecule has 0 saturated heterocycles. The van der Waals surface area contributed by atoms with Gasteiger partial charge in [-0.1, -0.05) is 53.8 Å². The van der Waals surface area contributed by atoms with Crippen molar-refractivity contribution in [2.45, 2.75) is 17.3 Å². The second-order valence-electron chi connectivity index (χ2n) is 4.95. The van der Waals surface area contributed by atoms with E-state index in [0.29, 0.717) is 16.7 Å². The smallest absolute Gasteiger partial charge is 0.266 e. The highest BCUT2D eigenvalue weighted by Crippen LogP contribution is 2.28. The average molecular weight is 408 g/mol. The number of hydrogen-bond acceptors (Lipinski definition) is 2. The number of para-hydroxylation sites is 2. The summed E-state index contributed by atoms with van der Waals surface area (Å²) in [6.07, 6.45) is 0.805. The summed E-state index contributed by atoms with van der Waals surface area (Å²) in [6.45, 7) is 2.02. The van der Waals surface area contributed by atoms with Gasteiger partial charge in [0, 0.05) is 0 Å². The molecule has 3 rings (SSSR count). The minimum absolute atomic E-state index is 0.0227. The van der Waals surface area contributed by atoms with Gasteiger partial charge in [-0.05, 0) is 30.7 Å². The van der Waals surface area contributed by atoms with Crippen molar-refractivity contribution in [3.8, 4) is 5.69 Å². The summed E-state index contributed by atoms with van der Waals surface area (Å²) in [5.41, 5.74) is 0.655. The first kappa shape index (κ1) is 15.1. The molecule has 0 saturated carbocycles. The molecule has 0 radical (unpaired) electrons. The van der Waals surface area contributed by atoms with E-state index in [1.165, 1.54) is 10.6 Å². The maximum absolute atomic E-state index is 14.2. The summed E-state index contributed by atoms with van der Waals surface area (Å²) >= 11 is 2.24. The number of hydrogen-bond donors (Lipinski definition) is 0. The molecule has 2 aromatic carbocycles. The van der Waals surface area contributed by atoms with E-state index in [9.17, 15) is 9.18 Å². The molecule has 0 fully saturated rings. The molecule has 22 heavy (non-hydrogen) atoms. The van der Waals surface area contributed by atoms with Gasteiger partial charge in [0.15, 0.2) is 0 Å². The van der Waals surface area contributed by atoms with Crippen molar-refractivity contribution in [3.05, 3.63) is 70.5 Å². The van der Waals surface area contributed by atoms with Gasteiger partial charge < -0.3 is 0 Å². The Bertz CT molecular complexity index is 891. The summed E-state index contributed by atoms with van der Waals surface area (Å²) < 4.78 is 15.6. The van der Waals surface area contributed by atoms with Gasteiger partial charge in [0.25, 0.3) is 5.56 Å². The molecule has 0 unspecified atom stereocenters. The van der Waals surface area contributed by atoms with Crippen molar-refractivity contribution in [1.82, 2.24) is 9.55 Å². The van der Waals surface area contributed by atoms with E-state index in [4.69, 9.17) is 0 Å². The first-order chi connectivity index (χ1) is 10.6. The molecule has 1 aromatic heterocycles. The highest BCUT2D eigenvalue weighted by molar-refractivity contribution is 14.1. The molecule has 1 atom stereocenters. The van der Waals surface area contributed by atoms with Crippen LogP contribution in [-0.4, -0.2) is 9.55 Å². The zero-order chi connectivity index (χ0) is 15.7. The number of rotatable bonds is 3. The van der Waals surface area contributed by atoms with Crippen LogP contribution in [-0.2, 0) is 0 Å². The van der Waals surface area contributed by atoms with E-state index >= 15 is 0 Å². The second kappa shape index (κ2) is 6.16. The number of benzene rings is 2. The Kier molecular flexibility index (Phi) is 4.24. The van der Waals surface area contributed by atoms with Crippen LogP contribution in [0.15, 0.2) is 53.3 Å². The summed E-state index contributed by atoms with van der Waals surface area (Å²) in [5.74, 6) is 0.152. The third kappa shape index (κ3) is 2.54. The van der Waals surface area contributed by atoms with Crippen molar-refractivity contribution in [3.63, 3.8) is 0 Å². The van der Waals surface area contributed by atoms with Crippen LogP contribution in [0.3, 0.4) is 0 Å². The summed E-state index contributed by atoms with van der Waals surface area (Å²) in [5, 5.41) is 0.495. The Morgan fingerprint density at radius 2 is 1.86 bits per heavy atom. The Labute approximate surface area is 141 Å². The summed E-state index contributed by atoms with van der Waals surface area (Å²) in [4.78, 5) is 17.5. The summed E-state index contributed by atoms with van der Waals surface area (Å²) in [7, 11) is 0. The van der Waals surface area contributed by atoms with Gasteiger partial charge in [0.2, 0.25) is 0 Å². The van der Waals surface area contributed by atoms with Crippen LogP contribution in [0.1, 0.15) is 23.1 Å². The van der Waals surface area contributed by atoms with E-state index in [-0.39, 0.29) is 15.2 Å². The highest BCUT2D eigenvalue weighted by atomic mass is 127. The van der Waals surface area contributed by atoms with Gasteiger partial charge in [-0.15, -0.1) is 0 Å². The van der Waals surface area contributed by atoms with Gasteiger partial charge in [-0.3, -0.25) is 9.36 Å². The highest BCUT2D eigenvalue weighted by Gasteiger charge is 2.19. The largest absolute Gasteiger partial charge is 0.268 e. The fourth-order valence-electron chi connectivity index (χ4n) is 2.41. The fraction of sp³-hybridized carbons (Fsp3) is 0.176. The third-order valence-electron chi connectivity index (χ3n) is 3.53. The van der Waals surface area contributed by atoms with Crippen molar-refractivity contribution >= 4 is 33.5 Å². The summed E-state index contributed by atoms with van der Waals surface area (Å²) in [6, 6.07) is 13.5. The first-order valence-corrected chi connectivity index (χ1v) is 8.28. The molecule has 3 nitrogen and oxygen atoms in total. The van der Waals surface area contributed by atoms with Crippen molar-refractivity contribution in [2.24, 2.45) is 0 Å². The Hall–Kier alpha value is -1.76.